The Labute approximate surface area is 213 Å². The van der Waals surface area contributed by atoms with E-state index in [0.29, 0.717) is 6.54 Å². The number of aliphatic imine (C=N–C) groups is 1. The fourth-order valence-electron chi connectivity index (χ4n) is 3.91. The van der Waals surface area contributed by atoms with Gasteiger partial charge in [0.25, 0.3) is 0 Å². The molecule has 0 spiro atoms. The lowest BCUT2D eigenvalue weighted by Gasteiger charge is -2.41. The molecule has 0 bridgehead atoms. The predicted molar refractivity (Wildman–Crippen MR) is 144 cm³/mol. The van der Waals surface area contributed by atoms with Gasteiger partial charge in [0.1, 0.15) is 5.60 Å². The van der Waals surface area contributed by atoms with Crippen molar-refractivity contribution in [1.82, 2.24) is 16.0 Å². The summed E-state index contributed by atoms with van der Waals surface area (Å²) in [6.45, 7) is 9.37. The number of nitrogens with one attached hydrogen (secondary N) is 3. The first-order valence-electron chi connectivity index (χ1n) is 11.1. The second kappa shape index (κ2) is 12.9. The maximum atomic E-state index is 10.8. The summed E-state index contributed by atoms with van der Waals surface area (Å²) >= 11 is 1.55. The molecule has 2 unspecified atom stereocenters. The number of thiophene rings is 1. The van der Waals surface area contributed by atoms with Gasteiger partial charge >= 0.3 is 0 Å². The van der Waals surface area contributed by atoms with E-state index in [1.54, 1.807) is 11.3 Å². The topological polar surface area (TPSA) is 77.9 Å². The van der Waals surface area contributed by atoms with E-state index in [4.69, 9.17) is 4.74 Å². The van der Waals surface area contributed by atoms with Crippen molar-refractivity contribution in [2.45, 2.75) is 50.8 Å². The maximum absolute atomic E-state index is 10.8. The van der Waals surface area contributed by atoms with Gasteiger partial charge in [-0.1, -0.05) is 36.4 Å². The van der Waals surface area contributed by atoms with Crippen molar-refractivity contribution < 1.29 is 9.84 Å². The molecule has 8 heteroatoms. The number of benzene rings is 1. The van der Waals surface area contributed by atoms with Gasteiger partial charge in [-0.25, -0.2) is 4.99 Å². The molecule has 0 radical (unpaired) electrons. The molecule has 2 heterocycles. The van der Waals surface area contributed by atoms with E-state index in [1.807, 2.05) is 30.5 Å². The van der Waals surface area contributed by atoms with Gasteiger partial charge in [-0.2, -0.15) is 0 Å². The summed E-state index contributed by atoms with van der Waals surface area (Å²) in [7, 11) is 0. The van der Waals surface area contributed by atoms with E-state index in [-0.39, 0.29) is 35.6 Å². The first-order chi connectivity index (χ1) is 14.9. The summed E-state index contributed by atoms with van der Waals surface area (Å²) in [4.78, 5) is 5.61. The number of hydrogen-bond donors (Lipinski definition) is 4. The van der Waals surface area contributed by atoms with Crippen LogP contribution in [0.5, 0.6) is 0 Å². The monoisotopic (exact) mass is 572 g/mol. The van der Waals surface area contributed by atoms with E-state index in [0.717, 1.165) is 50.0 Å². The highest BCUT2D eigenvalue weighted by Gasteiger charge is 2.34. The third kappa shape index (κ3) is 7.69. The fraction of sp³-hybridized carbons (Fsp3) is 0.542. The molecule has 178 valence electrons. The summed E-state index contributed by atoms with van der Waals surface area (Å²) in [5.74, 6) is 0.722. The highest BCUT2D eigenvalue weighted by atomic mass is 127. The number of halogens is 1. The van der Waals surface area contributed by atoms with Crippen LogP contribution < -0.4 is 16.0 Å². The van der Waals surface area contributed by atoms with Crippen LogP contribution in [-0.2, 0) is 10.3 Å². The van der Waals surface area contributed by atoms with E-state index < -0.39 is 5.60 Å². The van der Waals surface area contributed by atoms with Crippen LogP contribution in [0.3, 0.4) is 0 Å². The number of rotatable bonds is 9. The van der Waals surface area contributed by atoms with E-state index >= 15 is 0 Å². The molecule has 32 heavy (non-hydrogen) atoms. The predicted octanol–water partition coefficient (Wildman–Crippen LogP) is 4.03. The van der Waals surface area contributed by atoms with E-state index in [1.165, 1.54) is 5.56 Å². The van der Waals surface area contributed by atoms with Gasteiger partial charge < -0.3 is 25.8 Å². The summed E-state index contributed by atoms with van der Waals surface area (Å²) in [6.07, 6.45) is 1.87. The quantitative estimate of drug-likeness (QED) is 0.208. The highest BCUT2D eigenvalue weighted by molar-refractivity contribution is 14.0. The Morgan fingerprint density at radius 2 is 1.91 bits per heavy atom. The van der Waals surface area contributed by atoms with Crippen LogP contribution in [0.1, 0.15) is 50.1 Å². The Kier molecular flexibility index (Phi) is 10.9. The minimum atomic E-state index is -0.979. The molecule has 1 aliphatic heterocycles. The van der Waals surface area contributed by atoms with Gasteiger partial charge in [-0.05, 0) is 50.6 Å². The molecule has 3 rings (SSSR count). The van der Waals surface area contributed by atoms with Crippen LogP contribution in [-0.4, -0.2) is 49.5 Å². The summed E-state index contributed by atoms with van der Waals surface area (Å²) in [5.41, 5.74) is 0.216. The Morgan fingerprint density at radius 3 is 2.53 bits per heavy atom. The van der Waals surface area contributed by atoms with Crippen molar-refractivity contribution in [2.24, 2.45) is 4.99 Å². The van der Waals surface area contributed by atoms with Gasteiger partial charge in [-0.3, -0.25) is 0 Å². The lowest BCUT2D eigenvalue weighted by Crippen LogP contribution is -2.58. The average molecular weight is 573 g/mol. The molecule has 2 aromatic rings. The zero-order valence-corrected chi connectivity index (χ0v) is 22.4. The third-order valence-electron chi connectivity index (χ3n) is 5.81. The first-order valence-corrected chi connectivity index (χ1v) is 12.0. The fourth-order valence-corrected chi connectivity index (χ4v) is 4.69. The Morgan fingerprint density at radius 1 is 1.19 bits per heavy atom. The minimum absolute atomic E-state index is 0. The Hall–Kier alpha value is -1.20. The molecule has 0 amide bonds. The molecule has 1 aromatic carbocycles. The van der Waals surface area contributed by atoms with Crippen LogP contribution >= 0.6 is 35.3 Å². The zero-order valence-electron chi connectivity index (χ0n) is 19.3. The standard InChI is InChI=1S/C24H36N4O2S.HI/c1-4-25-22(26-17-23(3,29)21-11-8-16-31-21)27-18-24(12-14-30-15-13-24)28-19(2)20-9-6-5-7-10-20;/h5-11,16,19,28-29H,4,12-15,17-18H2,1-3H3,(H2,25,26,27);1H. The lowest BCUT2D eigenvalue weighted by atomic mass is 9.88. The van der Waals surface area contributed by atoms with Gasteiger partial charge in [0.2, 0.25) is 0 Å². The zero-order chi connectivity index (χ0) is 22.2. The molecule has 4 N–H and O–H groups in total. The Balaban J connectivity index is 0.00000363. The van der Waals surface area contributed by atoms with E-state index in [2.05, 4.69) is 59.1 Å². The first kappa shape index (κ1) is 27.0. The molecule has 0 saturated carbocycles. The lowest BCUT2D eigenvalue weighted by molar-refractivity contribution is 0.0354. The smallest absolute Gasteiger partial charge is 0.191 e. The van der Waals surface area contributed by atoms with Gasteiger partial charge in [0, 0.05) is 42.8 Å². The molecule has 1 saturated heterocycles. The molecule has 2 atom stereocenters. The molecular formula is C24H37IN4O2S. The maximum Gasteiger partial charge on any atom is 0.191 e. The van der Waals surface area contributed by atoms with Crippen LogP contribution in [0.15, 0.2) is 52.8 Å². The second-order valence-corrected chi connectivity index (χ2v) is 9.42. The minimum Gasteiger partial charge on any atom is -0.383 e. The van der Waals surface area contributed by atoms with Crippen molar-refractivity contribution in [1.29, 1.82) is 0 Å². The second-order valence-electron chi connectivity index (χ2n) is 8.47. The van der Waals surface area contributed by atoms with Crippen molar-refractivity contribution in [2.75, 3.05) is 32.8 Å². The van der Waals surface area contributed by atoms with Crippen molar-refractivity contribution in [3.8, 4) is 0 Å². The molecular weight excluding hydrogens is 535 g/mol. The number of ether oxygens (including phenoxy) is 1. The Bertz CT molecular complexity index is 809. The summed E-state index contributed by atoms with van der Waals surface area (Å²) in [5, 5.41) is 23.5. The van der Waals surface area contributed by atoms with Gasteiger partial charge in [0.15, 0.2) is 5.96 Å². The van der Waals surface area contributed by atoms with Crippen molar-refractivity contribution in [3.63, 3.8) is 0 Å². The third-order valence-corrected chi connectivity index (χ3v) is 6.93. The van der Waals surface area contributed by atoms with Crippen molar-refractivity contribution >= 4 is 41.3 Å². The molecule has 1 fully saturated rings. The SMILES string of the molecule is CCNC(=NCC(C)(O)c1cccs1)NCC1(NC(C)c2ccccc2)CCOCC1.I. The number of hydrogen-bond acceptors (Lipinski definition) is 5. The van der Waals surface area contributed by atoms with Crippen molar-refractivity contribution in [3.05, 3.63) is 58.3 Å². The van der Waals surface area contributed by atoms with Crippen LogP contribution in [0.4, 0.5) is 0 Å². The number of guanidine groups is 1. The average Bonchev–Trinajstić information content (AvgIpc) is 3.33. The van der Waals surface area contributed by atoms with Crippen LogP contribution in [0, 0.1) is 0 Å². The molecule has 6 nitrogen and oxygen atoms in total. The molecule has 1 aromatic heterocycles. The van der Waals surface area contributed by atoms with Crippen LogP contribution in [0.2, 0.25) is 0 Å². The largest absolute Gasteiger partial charge is 0.383 e. The molecule has 1 aliphatic rings. The normalized spacial score (nSPS) is 18.8. The summed E-state index contributed by atoms with van der Waals surface area (Å²) in [6, 6.07) is 14.7. The van der Waals surface area contributed by atoms with Crippen LogP contribution in [0.25, 0.3) is 0 Å². The summed E-state index contributed by atoms with van der Waals surface area (Å²) < 4.78 is 5.65. The van der Waals surface area contributed by atoms with Gasteiger partial charge in [0.05, 0.1) is 6.54 Å². The highest BCUT2D eigenvalue weighted by Crippen LogP contribution is 2.26. The van der Waals surface area contributed by atoms with Gasteiger partial charge in [-0.15, -0.1) is 35.3 Å². The van der Waals surface area contributed by atoms with E-state index in [9.17, 15) is 5.11 Å². The number of nitrogens with zero attached hydrogens (tertiary/aromatic N) is 1. The molecule has 0 aliphatic carbocycles. The number of aliphatic hydroxyl groups is 1.